The van der Waals surface area contributed by atoms with E-state index in [9.17, 15) is 8.42 Å². The van der Waals surface area contributed by atoms with Crippen LogP contribution in [0.2, 0.25) is 0 Å². The van der Waals surface area contributed by atoms with Crippen LogP contribution < -0.4 is 5.32 Å². The van der Waals surface area contributed by atoms with Crippen molar-refractivity contribution in [1.82, 2.24) is 14.2 Å². The Morgan fingerprint density at radius 1 is 1.24 bits per heavy atom. The van der Waals surface area contributed by atoms with Gasteiger partial charge in [0, 0.05) is 37.1 Å². The number of aromatic nitrogens is 1. The van der Waals surface area contributed by atoms with Crippen molar-refractivity contribution in [2.75, 3.05) is 13.6 Å². The molecular weight excluding hydrogens is 286 g/mol. The first kappa shape index (κ1) is 13.8. The van der Waals surface area contributed by atoms with Gasteiger partial charge in [-0.2, -0.15) is 4.31 Å². The minimum atomic E-state index is -3.31. The van der Waals surface area contributed by atoms with E-state index in [-0.39, 0.29) is 6.04 Å². The Morgan fingerprint density at radius 3 is 2.57 bits per heavy atom. The molecule has 2 bridgehead atoms. The molecule has 3 fully saturated rings. The molecule has 1 aliphatic heterocycles. The molecule has 2 aliphatic carbocycles. The standard InChI is InChI=1S/C15H23N3O2S/c1-16-8-14-7-15(10-17(14)12-4-5-12)21(19,20)18-9-11-2-3-13(18)6-11/h7,10-13,16H,2-6,8-9H2,1H3. The Labute approximate surface area is 126 Å². The summed E-state index contributed by atoms with van der Waals surface area (Å²) in [6.45, 7) is 1.45. The number of rotatable bonds is 5. The Bertz CT molecular complexity index is 648. The van der Waals surface area contributed by atoms with Gasteiger partial charge in [-0.05, 0) is 51.1 Å². The van der Waals surface area contributed by atoms with Gasteiger partial charge >= 0.3 is 0 Å². The zero-order valence-corrected chi connectivity index (χ0v) is 13.3. The summed E-state index contributed by atoms with van der Waals surface area (Å²) in [5.41, 5.74) is 1.09. The predicted molar refractivity (Wildman–Crippen MR) is 80.5 cm³/mol. The maximum atomic E-state index is 12.9. The van der Waals surface area contributed by atoms with E-state index in [4.69, 9.17) is 0 Å². The van der Waals surface area contributed by atoms with Crippen molar-refractivity contribution in [2.45, 2.75) is 55.6 Å². The molecule has 6 heteroatoms. The van der Waals surface area contributed by atoms with Crippen LogP contribution in [-0.4, -0.2) is 36.9 Å². The molecule has 2 atom stereocenters. The van der Waals surface area contributed by atoms with Crippen molar-refractivity contribution >= 4 is 10.0 Å². The molecule has 3 aliphatic rings. The maximum absolute atomic E-state index is 12.9. The van der Waals surface area contributed by atoms with Crippen LogP contribution in [0.4, 0.5) is 0 Å². The van der Waals surface area contributed by atoms with Crippen molar-refractivity contribution in [3.8, 4) is 0 Å². The average molecular weight is 309 g/mol. The molecule has 116 valence electrons. The fourth-order valence-electron chi connectivity index (χ4n) is 3.96. The Balaban J connectivity index is 1.67. The second-order valence-corrected chi connectivity index (χ2v) is 8.63. The monoisotopic (exact) mass is 309 g/mol. The van der Waals surface area contributed by atoms with E-state index < -0.39 is 10.0 Å². The lowest BCUT2D eigenvalue weighted by molar-refractivity contribution is 0.333. The van der Waals surface area contributed by atoms with Crippen molar-refractivity contribution in [3.63, 3.8) is 0 Å². The summed E-state index contributed by atoms with van der Waals surface area (Å²) in [5, 5.41) is 3.14. The van der Waals surface area contributed by atoms with Crippen molar-refractivity contribution in [2.24, 2.45) is 5.92 Å². The van der Waals surface area contributed by atoms with Gasteiger partial charge in [0.2, 0.25) is 10.0 Å². The highest BCUT2D eigenvalue weighted by Crippen LogP contribution is 2.42. The molecule has 0 aromatic carbocycles. The van der Waals surface area contributed by atoms with Gasteiger partial charge in [-0.1, -0.05) is 0 Å². The predicted octanol–water partition coefficient (Wildman–Crippen LogP) is 1.72. The largest absolute Gasteiger partial charge is 0.346 e. The van der Waals surface area contributed by atoms with Crippen molar-refractivity contribution in [1.29, 1.82) is 0 Å². The fourth-order valence-corrected chi connectivity index (χ4v) is 5.76. The van der Waals surface area contributed by atoms with Gasteiger partial charge < -0.3 is 9.88 Å². The topological polar surface area (TPSA) is 54.3 Å². The summed E-state index contributed by atoms with van der Waals surface area (Å²) in [6, 6.07) is 2.63. The minimum absolute atomic E-state index is 0.247. The first-order chi connectivity index (χ1) is 10.1. The normalized spacial score (nSPS) is 29.4. The van der Waals surface area contributed by atoms with Crippen LogP contribution in [0.25, 0.3) is 0 Å². The molecule has 4 rings (SSSR count). The summed E-state index contributed by atoms with van der Waals surface area (Å²) >= 11 is 0. The Morgan fingerprint density at radius 2 is 2.00 bits per heavy atom. The van der Waals surface area contributed by atoms with Gasteiger partial charge in [0.1, 0.15) is 4.90 Å². The van der Waals surface area contributed by atoms with Crippen molar-refractivity contribution < 1.29 is 8.42 Å². The summed E-state index contributed by atoms with van der Waals surface area (Å²) in [5.74, 6) is 0.590. The Hall–Kier alpha value is -0.850. The molecule has 2 saturated carbocycles. The lowest BCUT2D eigenvalue weighted by Gasteiger charge is -2.25. The molecular formula is C15H23N3O2S. The highest BCUT2D eigenvalue weighted by atomic mass is 32.2. The molecule has 1 aromatic heterocycles. The van der Waals surface area contributed by atoms with Crippen molar-refractivity contribution in [3.05, 3.63) is 18.0 Å². The zero-order valence-electron chi connectivity index (χ0n) is 12.5. The van der Waals surface area contributed by atoms with Crippen LogP contribution in [0.1, 0.15) is 43.8 Å². The number of fused-ring (bicyclic) bond motifs is 2. The zero-order chi connectivity index (χ0) is 14.6. The van der Waals surface area contributed by atoms with Gasteiger partial charge in [0.15, 0.2) is 0 Å². The van der Waals surface area contributed by atoms with Crippen LogP contribution in [0, 0.1) is 5.92 Å². The average Bonchev–Trinajstić information content (AvgIpc) is 2.90. The molecule has 1 aromatic rings. The molecule has 5 nitrogen and oxygen atoms in total. The lowest BCUT2D eigenvalue weighted by Crippen LogP contribution is -2.37. The summed E-state index contributed by atoms with van der Waals surface area (Å²) in [7, 11) is -1.41. The van der Waals surface area contributed by atoms with Crippen LogP contribution in [0.5, 0.6) is 0 Å². The van der Waals surface area contributed by atoms with Crippen LogP contribution >= 0.6 is 0 Å². The molecule has 1 saturated heterocycles. The van der Waals surface area contributed by atoms with Gasteiger partial charge in [0.05, 0.1) is 0 Å². The number of piperidine rings is 1. The second kappa shape index (κ2) is 4.83. The highest BCUT2D eigenvalue weighted by molar-refractivity contribution is 7.89. The second-order valence-electron chi connectivity index (χ2n) is 6.74. The minimum Gasteiger partial charge on any atom is -0.346 e. The van der Waals surface area contributed by atoms with E-state index in [0.29, 0.717) is 16.9 Å². The quantitative estimate of drug-likeness (QED) is 0.901. The summed E-state index contributed by atoms with van der Waals surface area (Å²) < 4.78 is 29.8. The third kappa shape index (κ3) is 2.24. The number of hydrogen-bond donors (Lipinski definition) is 1. The number of nitrogens with one attached hydrogen (secondary N) is 1. The van der Waals surface area contributed by atoms with Gasteiger partial charge in [0.25, 0.3) is 0 Å². The highest BCUT2D eigenvalue weighted by Gasteiger charge is 2.44. The Kier molecular flexibility index (Phi) is 3.17. The van der Waals surface area contributed by atoms with E-state index in [2.05, 4.69) is 9.88 Å². The number of hydrogen-bond acceptors (Lipinski definition) is 3. The van der Waals surface area contributed by atoms with Gasteiger partial charge in [-0.15, -0.1) is 0 Å². The van der Waals surface area contributed by atoms with E-state index in [1.54, 1.807) is 4.31 Å². The number of sulfonamides is 1. The molecule has 2 heterocycles. The van der Waals surface area contributed by atoms with Crippen LogP contribution in [0.15, 0.2) is 17.2 Å². The third-order valence-electron chi connectivity index (χ3n) is 5.17. The maximum Gasteiger partial charge on any atom is 0.244 e. The van der Waals surface area contributed by atoms with Gasteiger partial charge in [-0.3, -0.25) is 0 Å². The fraction of sp³-hybridized carbons (Fsp3) is 0.733. The molecule has 2 unspecified atom stereocenters. The number of nitrogens with zero attached hydrogens (tertiary/aromatic N) is 2. The smallest absolute Gasteiger partial charge is 0.244 e. The summed E-state index contributed by atoms with van der Waals surface area (Å²) in [6.07, 6.45) is 7.50. The van der Waals surface area contributed by atoms with Gasteiger partial charge in [-0.25, -0.2) is 8.42 Å². The third-order valence-corrected chi connectivity index (χ3v) is 7.05. The molecule has 0 amide bonds. The SMILES string of the molecule is CNCc1cc(S(=O)(=O)N2CC3CCC2C3)cn1C1CC1. The molecule has 1 N–H and O–H groups in total. The molecule has 0 spiro atoms. The first-order valence-corrected chi connectivity index (χ1v) is 9.41. The molecule has 0 radical (unpaired) electrons. The van der Waals surface area contributed by atoms with Crippen LogP contribution in [-0.2, 0) is 16.6 Å². The lowest BCUT2D eigenvalue weighted by atomic mass is 10.1. The summed E-state index contributed by atoms with van der Waals surface area (Å²) in [4.78, 5) is 0.493. The van der Waals surface area contributed by atoms with E-state index in [1.807, 2.05) is 19.3 Å². The first-order valence-electron chi connectivity index (χ1n) is 7.97. The van der Waals surface area contributed by atoms with Crippen LogP contribution in [0.3, 0.4) is 0 Å². The van der Waals surface area contributed by atoms with E-state index in [0.717, 1.165) is 31.6 Å². The van der Waals surface area contributed by atoms with E-state index in [1.165, 1.54) is 19.3 Å². The van der Waals surface area contributed by atoms with E-state index >= 15 is 0 Å². The molecule has 21 heavy (non-hydrogen) atoms.